The van der Waals surface area contributed by atoms with Gasteiger partial charge in [-0.1, -0.05) is 36.4 Å². The predicted octanol–water partition coefficient (Wildman–Crippen LogP) is 2.39. The highest BCUT2D eigenvalue weighted by molar-refractivity contribution is 5.90. The van der Waals surface area contributed by atoms with Crippen LogP contribution in [-0.4, -0.2) is 20.9 Å². The van der Waals surface area contributed by atoms with E-state index in [1.807, 2.05) is 42.5 Å². The van der Waals surface area contributed by atoms with Gasteiger partial charge < -0.3 is 5.11 Å². The first-order valence-electron chi connectivity index (χ1n) is 6.40. The summed E-state index contributed by atoms with van der Waals surface area (Å²) in [5.74, 6) is -1.33. The molecule has 0 amide bonds. The highest BCUT2D eigenvalue weighted by atomic mass is 16.4. The van der Waals surface area contributed by atoms with Crippen LogP contribution in [0.3, 0.4) is 0 Å². The van der Waals surface area contributed by atoms with Crippen LogP contribution in [0.15, 0.2) is 53.3 Å². The second-order valence-corrected chi connectivity index (χ2v) is 4.71. The number of benzene rings is 2. The van der Waals surface area contributed by atoms with E-state index < -0.39 is 17.1 Å². The molecular formula is C16H12N2O3. The number of nitrogens with zero attached hydrogens (tertiary/aromatic N) is 2. The second-order valence-electron chi connectivity index (χ2n) is 4.71. The molecule has 0 fully saturated rings. The monoisotopic (exact) mass is 280 g/mol. The van der Waals surface area contributed by atoms with Crippen LogP contribution in [0.4, 0.5) is 0 Å². The minimum Gasteiger partial charge on any atom is -0.476 e. The molecule has 0 unspecified atom stereocenters. The van der Waals surface area contributed by atoms with Gasteiger partial charge in [-0.3, -0.25) is 4.79 Å². The molecule has 21 heavy (non-hydrogen) atoms. The van der Waals surface area contributed by atoms with Crippen molar-refractivity contribution in [2.75, 3.05) is 0 Å². The van der Waals surface area contributed by atoms with Crippen molar-refractivity contribution in [1.82, 2.24) is 9.78 Å². The summed E-state index contributed by atoms with van der Waals surface area (Å²) in [4.78, 5) is 22.8. The molecule has 5 heteroatoms. The summed E-state index contributed by atoms with van der Waals surface area (Å²) in [5.41, 5.74) is 0.263. The summed E-state index contributed by atoms with van der Waals surface area (Å²) in [7, 11) is 0. The minimum absolute atomic E-state index is 0.478. The fourth-order valence-electron chi connectivity index (χ4n) is 2.33. The van der Waals surface area contributed by atoms with Gasteiger partial charge in [-0.15, -0.1) is 0 Å². The molecule has 104 valence electrons. The molecule has 0 aliphatic heterocycles. The summed E-state index contributed by atoms with van der Waals surface area (Å²) in [6.07, 6.45) is 0. The van der Waals surface area contributed by atoms with Gasteiger partial charge in [0.25, 0.3) is 0 Å². The van der Waals surface area contributed by atoms with Gasteiger partial charge in [0.2, 0.25) is 11.1 Å². The van der Waals surface area contributed by atoms with Gasteiger partial charge in [-0.2, -0.15) is 5.10 Å². The Morgan fingerprint density at radius 3 is 2.62 bits per heavy atom. The molecule has 0 saturated heterocycles. The van der Waals surface area contributed by atoms with E-state index in [0.29, 0.717) is 5.69 Å². The van der Waals surface area contributed by atoms with E-state index >= 15 is 0 Å². The topological polar surface area (TPSA) is 72.2 Å². The quantitative estimate of drug-likeness (QED) is 0.782. The first-order valence-corrected chi connectivity index (χ1v) is 6.40. The number of hydrogen-bond acceptors (Lipinski definition) is 3. The number of aryl methyl sites for hydroxylation is 1. The summed E-state index contributed by atoms with van der Waals surface area (Å²) in [5, 5.41) is 15.0. The van der Waals surface area contributed by atoms with E-state index in [-0.39, 0.29) is 0 Å². The van der Waals surface area contributed by atoms with E-state index in [0.717, 1.165) is 16.5 Å². The van der Waals surface area contributed by atoms with Gasteiger partial charge in [-0.25, -0.2) is 9.48 Å². The molecule has 5 nitrogen and oxygen atoms in total. The Balaban J connectivity index is 2.35. The van der Waals surface area contributed by atoms with Crippen LogP contribution in [0.1, 0.15) is 16.2 Å². The zero-order valence-corrected chi connectivity index (χ0v) is 11.3. The molecule has 0 atom stereocenters. The predicted molar refractivity (Wildman–Crippen MR) is 79.0 cm³/mol. The van der Waals surface area contributed by atoms with Crippen molar-refractivity contribution in [2.24, 2.45) is 0 Å². The summed E-state index contributed by atoms with van der Waals surface area (Å²) >= 11 is 0. The lowest BCUT2D eigenvalue weighted by atomic mass is 10.1. The molecule has 1 aromatic heterocycles. The average molecular weight is 280 g/mol. The average Bonchev–Trinajstić information content (AvgIpc) is 2.46. The first-order chi connectivity index (χ1) is 10.1. The van der Waals surface area contributed by atoms with Gasteiger partial charge in [0, 0.05) is 17.1 Å². The van der Waals surface area contributed by atoms with E-state index in [1.165, 1.54) is 10.7 Å². The normalized spacial score (nSPS) is 10.7. The van der Waals surface area contributed by atoms with Crippen LogP contribution in [0.25, 0.3) is 16.5 Å². The van der Waals surface area contributed by atoms with E-state index in [1.54, 1.807) is 6.92 Å². The maximum Gasteiger partial charge on any atom is 0.360 e. The van der Waals surface area contributed by atoms with E-state index in [9.17, 15) is 9.59 Å². The number of carboxylic acid groups (broad SMARTS) is 1. The molecule has 0 aliphatic carbocycles. The third kappa shape index (κ3) is 2.18. The standard InChI is InChI=1S/C16H12N2O3/c1-10-9-14(19)15(16(20)21)17-18(10)13-8-4-6-11-5-2-3-7-12(11)13/h2-9H,1H3,(H,20,21). The van der Waals surface area contributed by atoms with Crippen molar-refractivity contribution in [2.45, 2.75) is 6.92 Å². The van der Waals surface area contributed by atoms with Crippen LogP contribution in [0.5, 0.6) is 0 Å². The third-order valence-electron chi connectivity index (χ3n) is 3.30. The fourth-order valence-corrected chi connectivity index (χ4v) is 2.33. The van der Waals surface area contributed by atoms with Crippen molar-refractivity contribution >= 4 is 16.7 Å². The Bertz CT molecular complexity index is 908. The maximum absolute atomic E-state index is 11.7. The van der Waals surface area contributed by atoms with Crippen molar-refractivity contribution < 1.29 is 9.90 Å². The molecule has 0 radical (unpaired) electrons. The Morgan fingerprint density at radius 1 is 1.14 bits per heavy atom. The number of fused-ring (bicyclic) bond motifs is 1. The second kappa shape index (κ2) is 4.86. The molecule has 3 aromatic rings. The van der Waals surface area contributed by atoms with Gasteiger partial charge in [0.05, 0.1) is 5.69 Å². The number of carbonyl (C=O) groups is 1. The van der Waals surface area contributed by atoms with Crippen molar-refractivity contribution in [3.63, 3.8) is 0 Å². The molecule has 0 spiro atoms. The van der Waals surface area contributed by atoms with Gasteiger partial charge in [-0.05, 0) is 18.4 Å². The van der Waals surface area contributed by atoms with Crippen LogP contribution < -0.4 is 5.43 Å². The Kier molecular flexibility index (Phi) is 3.02. The highest BCUT2D eigenvalue weighted by Gasteiger charge is 2.14. The number of aromatic nitrogens is 2. The molecule has 0 aliphatic rings. The SMILES string of the molecule is Cc1cc(=O)c(C(=O)O)nn1-c1cccc2ccccc12. The number of aromatic carboxylic acids is 1. The lowest BCUT2D eigenvalue weighted by molar-refractivity contribution is 0.0686. The molecule has 2 aromatic carbocycles. The molecular weight excluding hydrogens is 268 g/mol. The van der Waals surface area contributed by atoms with Crippen LogP contribution >= 0.6 is 0 Å². The van der Waals surface area contributed by atoms with Gasteiger partial charge >= 0.3 is 5.97 Å². The Labute approximate surface area is 120 Å². The summed E-state index contributed by atoms with van der Waals surface area (Å²) in [6.45, 7) is 1.72. The molecule has 1 N–H and O–H groups in total. The third-order valence-corrected chi connectivity index (χ3v) is 3.30. The largest absolute Gasteiger partial charge is 0.476 e. The maximum atomic E-state index is 11.7. The van der Waals surface area contributed by atoms with E-state index in [2.05, 4.69) is 5.10 Å². The van der Waals surface area contributed by atoms with Crippen molar-refractivity contribution in [3.05, 3.63) is 70.1 Å². The summed E-state index contributed by atoms with van der Waals surface area (Å²) < 4.78 is 1.49. The Hall–Kier alpha value is -2.95. The molecule has 1 heterocycles. The zero-order valence-electron chi connectivity index (χ0n) is 11.3. The number of hydrogen-bond donors (Lipinski definition) is 1. The summed E-state index contributed by atoms with van der Waals surface area (Å²) in [6, 6.07) is 14.7. The van der Waals surface area contributed by atoms with Crippen LogP contribution in [0, 0.1) is 6.92 Å². The smallest absolute Gasteiger partial charge is 0.360 e. The first kappa shape index (κ1) is 13.1. The lowest BCUT2D eigenvalue weighted by Crippen LogP contribution is -2.22. The van der Waals surface area contributed by atoms with Gasteiger partial charge in [0.1, 0.15) is 0 Å². The lowest BCUT2D eigenvalue weighted by Gasteiger charge is -2.12. The van der Waals surface area contributed by atoms with Gasteiger partial charge in [0.15, 0.2) is 0 Å². The molecule has 3 rings (SSSR count). The minimum atomic E-state index is -1.33. The zero-order chi connectivity index (χ0) is 15.0. The number of rotatable bonds is 2. The molecule has 0 saturated carbocycles. The van der Waals surface area contributed by atoms with E-state index in [4.69, 9.17) is 5.11 Å². The van der Waals surface area contributed by atoms with Crippen molar-refractivity contribution in [3.8, 4) is 5.69 Å². The fraction of sp³-hybridized carbons (Fsp3) is 0.0625. The highest BCUT2D eigenvalue weighted by Crippen LogP contribution is 2.22. The van der Waals surface area contributed by atoms with Crippen LogP contribution in [0.2, 0.25) is 0 Å². The Morgan fingerprint density at radius 2 is 1.86 bits per heavy atom. The van der Waals surface area contributed by atoms with Crippen LogP contribution in [-0.2, 0) is 0 Å². The van der Waals surface area contributed by atoms with Crippen molar-refractivity contribution in [1.29, 1.82) is 0 Å². The molecule has 0 bridgehead atoms. The number of carboxylic acids is 1.